The van der Waals surface area contributed by atoms with E-state index >= 15 is 0 Å². The van der Waals surface area contributed by atoms with Gasteiger partial charge in [-0.15, -0.1) is 11.3 Å². The summed E-state index contributed by atoms with van der Waals surface area (Å²) in [6.07, 6.45) is 3.30. The van der Waals surface area contributed by atoms with E-state index in [9.17, 15) is 4.79 Å². The second-order valence-corrected chi connectivity index (χ2v) is 7.38. The lowest BCUT2D eigenvalue weighted by molar-refractivity contribution is -0.113. The highest BCUT2D eigenvalue weighted by Gasteiger charge is 2.16. The van der Waals surface area contributed by atoms with E-state index < -0.39 is 0 Å². The maximum absolute atomic E-state index is 12.2. The van der Waals surface area contributed by atoms with Crippen LogP contribution in [0, 0.1) is 0 Å². The summed E-state index contributed by atoms with van der Waals surface area (Å²) in [5, 5.41) is 1.98. The molecule has 0 fully saturated rings. The SMILES string of the molecule is CCn1c(=NC(=O)C=Cc2cccs2)sc2cc3c(cc21)OCCO3. The fraction of sp³-hybridized carbons (Fsp3) is 0.222. The zero-order valence-electron chi connectivity index (χ0n) is 13.6. The molecule has 0 saturated heterocycles. The molecule has 4 rings (SSSR count). The van der Waals surface area contributed by atoms with Crippen LogP contribution in [0.25, 0.3) is 16.3 Å². The van der Waals surface area contributed by atoms with Gasteiger partial charge in [0.15, 0.2) is 16.3 Å². The summed E-state index contributed by atoms with van der Waals surface area (Å²) >= 11 is 3.07. The molecule has 0 N–H and O–H groups in total. The topological polar surface area (TPSA) is 52.8 Å². The number of amides is 1. The van der Waals surface area contributed by atoms with Crippen LogP contribution in [0.15, 0.2) is 40.7 Å². The van der Waals surface area contributed by atoms with Crippen LogP contribution in [0.5, 0.6) is 11.5 Å². The Balaban J connectivity index is 1.74. The van der Waals surface area contributed by atoms with Crippen molar-refractivity contribution in [3.05, 3.63) is 45.4 Å². The van der Waals surface area contributed by atoms with Crippen LogP contribution >= 0.6 is 22.7 Å². The molecule has 0 saturated carbocycles. The van der Waals surface area contributed by atoms with Crippen molar-refractivity contribution in [2.24, 2.45) is 4.99 Å². The number of aromatic nitrogens is 1. The van der Waals surface area contributed by atoms with Gasteiger partial charge in [-0.1, -0.05) is 17.4 Å². The van der Waals surface area contributed by atoms with Crippen LogP contribution in [-0.2, 0) is 11.3 Å². The van der Waals surface area contributed by atoms with Gasteiger partial charge in [0, 0.05) is 29.6 Å². The molecule has 3 aromatic rings. The van der Waals surface area contributed by atoms with Gasteiger partial charge in [0.05, 0.1) is 10.2 Å². The normalized spacial score (nSPS) is 14.5. The first-order valence-electron chi connectivity index (χ1n) is 7.98. The predicted molar refractivity (Wildman–Crippen MR) is 100 cm³/mol. The lowest BCUT2D eigenvalue weighted by atomic mass is 10.2. The molecule has 0 atom stereocenters. The van der Waals surface area contributed by atoms with E-state index in [1.54, 1.807) is 17.4 Å². The van der Waals surface area contributed by atoms with Gasteiger partial charge in [0.2, 0.25) is 0 Å². The van der Waals surface area contributed by atoms with Crippen molar-refractivity contribution < 1.29 is 14.3 Å². The average Bonchev–Trinajstić information content (AvgIpc) is 3.25. The molecule has 128 valence electrons. The van der Waals surface area contributed by atoms with Crippen molar-refractivity contribution in [2.45, 2.75) is 13.5 Å². The summed E-state index contributed by atoms with van der Waals surface area (Å²) in [5.74, 6) is 1.23. The van der Waals surface area contributed by atoms with Crippen LogP contribution in [0.3, 0.4) is 0 Å². The number of hydrogen-bond donors (Lipinski definition) is 0. The van der Waals surface area contributed by atoms with Gasteiger partial charge in [-0.05, 0) is 24.4 Å². The summed E-state index contributed by atoms with van der Waals surface area (Å²) < 4.78 is 14.4. The quantitative estimate of drug-likeness (QED) is 0.659. The number of carbonyl (C=O) groups is 1. The number of thiophene rings is 1. The van der Waals surface area contributed by atoms with E-state index in [-0.39, 0.29) is 5.91 Å². The summed E-state index contributed by atoms with van der Waals surface area (Å²) in [6, 6.07) is 7.85. The van der Waals surface area contributed by atoms with Crippen LogP contribution in [-0.4, -0.2) is 23.7 Å². The Morgan fingerprint density at radius 2 is 2.12 bits per heavy atom. The number of aryl methyl sites for hydroxylation is 1. The summed E-state index contributed by atoms with van der Waals surface area (Å²) in [7, 11) is 0. The Hall–Kier alpha value is -2.38. The Kier molecular flexibility index (Phi) is 4.42. The van der Waals surface area contributed by atoms with Crippen molar-refractivity contribution in [3.8, 4) is 11.5 Å². The highest BCUT2D eigenvalue weighted by Crippen LogP contribution is 2.35. The minimum atomic E-state index is -0.264. The van der Waals surface area contributed by atoms with Gasteiger partial charge in [0.1, 0.15) is 13.2 Å². The third-order valence-electron chi connectivity index (χ3n) is 3.80. The molecule has 0 radical (unpaired) electrons. The Morgan fingerprint density at radius 1 is 1.32 bits per heavy atom. The Labute approximate surface area is 152 Å². The van der Waals surface area contributed by atoms with E-state index in [1.807, 2.05) is 41.1 Å². The highest BCUT2D eigenvalue weighted by atomic mass is 32.1. The van der Waals surface area contributed by atoms with E-state index in [0.29, 0.717) is 18.0 Å². The maximum atomic E-state index is 12.2. The van der Waals surface area contributed by atoms with Crippen LogP contribution in [0.4, 0.5) is 0 Å². The van der Waals surface area contributed by atoms with E-state index in [1.165, 1.54) is 17.4 Å². The zero-order chi connectivity index (χ0) is 17.2. The number of benzene rings is 1. The Morgan fingerprint density at radius 3 is 2.84 bits per heavy atom. The molecular weight excluding hydrogens is 356 g/mol. The second kappa shape index (κ2) is 6.85. The number of rotatable bonds is 3. The lowest BCUT2D eigenvalue weighted by Gasteiger charge is -2.18. The molecular formula is C18H16N2O3S2. The van der Waals surface area contributed by atoms with Gasteiger partial charge in [-0.2, -0.15) is 4.99 Å². The first kappa shape index (κ1) is 16.1. The standard InChI is InChI=1S/C18H16N2O3S2/c1-2-20-13-10-14-15(23-8-7-22-14)11-16(13)25-18(20)19-17(21)6-5-12-4-3-9-24-12/h3-6,9-11H,2,7-8H2,1H3. The molecule has 25 heavy (non-hydrogen) atoms. The fourth-order valence-corrected chi connectivity index (χ4v) is 4.40. The first-order valence-corrected chi connectivity index (χ1v) is 9.67. The minimum Gasteiger partial charge on any atom is -0.486 e. The van der Waals surface area contributed by atoms with Crippen molar-refractivity contribution >= 4 is 44.9 Å². The molecule has 1 aliphatic rings. The van der Waals surface area contributed by atoms with Crippen molar-refractivity contribution in [3.63, 3.8) is 0 Å². The monoisotopic (exact) mass is 372 g/mol. The summed E-state index contributed by atoms with van der Waals surface area (Å²) in [6.45, 7) is 3.87. The minimum absolute atomic E-state index is 0.264. The van der Waals surface area contributed by atoms with Crippen LogP contribution < -0.4 is 14.3 Å². The molecule has 0 unspecified atom stereocenters. The Bertz CT molecular complexity index is 1010. The molecule has 5 nitrogen and oxygen atoms in total. The second-order valence-electron chi connectivity index (χ2n) is 5.39. The van der Waals surface area contributed by atoms with Crippen molar-refractivity contribution in [1.82, 2.24) is 4.57 Å². The van der Waals surface area contributed by atoms with E-state index in [2.05, 4.69) is 4.99 Å². The van der Waals surface area contributed by atoms with E-state index in [4.69, 9.17) is 9.47 Å². The molecule has 2 aromatic heterocycles. The molecule has 3 heterocycles. The van der Waals surface area contributed by atoms with Crippen LogP contribution in [0.2, 0.25) is 0 Å². The van der Waals surface area contributed by atoms with Crippen molar-refractivity contribution in [2.75, 3.05) is 13.2 Å². The molecule has 1 aromatic carbocycles. The molecule has 0 aliphatic carbocycles. The molecule has 1 amide bonds. The number of nitrogens with zero attached hydrogens (tertiary/aromatic N) is 2. The van der Waals surface area contributed by atoms with Gasteiger partial charge >= 0.3 is 0 Å². The number of ether oxygens (including phenoxy) is 2. The number of hydrogen-bond acceptors (Lipinski definition) is 5. The fourth-order valence-electron chi connectivity index (χ4n) is 2.67. The smallest absolute Gasteiger partial charge is 0.272 e. The van der Waals surface area contributed by atoms with Crippen molar-refractivity contribution in [1.29, 1.82) is 0 Å². The van der Waals surface area contributed by atoms with Gasteiger partial charge < -0.3 is 14.0 Å². The third kappa shape index (κ3) is 3.25. The third-order valence-corrected chi connectivity index (χ3v) is 5.68. The lowest BCUT2D eigenvalue weighted by Crippen LogP contribution is -2.16. The van der Waals surface area contributed by atoms with Gasteiger partial charge in [-0.25, -0.2) is 0 Å². The zero-order valence-corrected chi connectivity index (χ0v) is 15.2. The highest BCUT2D eigenvalue weighted by molar-refractivity contribution is 7.16. The molecule has 7 heteroatoms. The summed E-state index contributed by atoms with van der Waals surface area (Å²) in [5.41, 5.74) is 1.01. The first-order chi connectivity index (χ1) is 12.2. The number of thiazole rings is 1. The van der Waals surface area contributed by atoms with Gasteiger partial charge in [-0.3, -0.25) is 4.79 Å². The maximum Gasteiger partial charge on any atom is 0.272 e. The molecule has 1 aliphatic heterocycles. The average molecular weight is 372 g/mol. The summed E-state index contributed by atoms with van der Waals surface area (Å²) in [4.78, 5) is 18.2. The number of fused-ring (bicyclic) bond motifs is 2. The largest absolute Gasteiger partial charge is 0.486 e. The predicted octanol–water partition coefficient (Wildman–Crippen LogP) is 3.70. The molecule has 0 bridgehead atoms. The van der Waals surface area contributed by atoms with Gasteiger partial charge in [0.25, 0.3) is 5.91 Å². The molecule has 0 spiro atoms. The van der Waals surface area contributed by atoms with E-state index in [0.717, 1.165) is 33.1 Å². The van der Waals surface area contributed by atoms with Crippen LogP contribution in [0.1, 0.15) is 11.8 Å². The number of carbonyl (C=O) groups excluding carboxylic acids is 1.